The molecule has 60 heavy (non-hydrogen) atoms. The smallest absolute Gasteiger partial charge is 0.305 e. The first-order valence-corrected chi connectivity index (χ1v) is 27.3. The normalized spacial score (nSPS) is 13.3. The first-order chi connectivity index (χ1) is 29.5. The number of hydrogen-bond acceptors (Lipinski definition) is 6. The molecule has 0 rings (SSSR count). The Morgan fingerprint density at radius 1 is 0.417 bits per heavy atom. The van der Waals surface area contributed by atoms with Crippen molar-refractivity contribution in [2.75, 3.05) is 39.5 Å². The summed E-state index contributed by atoms with van der Waals surface area (Å²) in [5.41, 5.74) is 0. The average Bonchev–Trinajstić information content (AvgIpc) is 3.25. The van der Waals surface area contributed by atoms with Crippen LogP contribution in [0.15, 0.2) is 0 Å². The standard InChI is InChI=1S/C54H109NO5/c1-5-9-13-17-21-23-27-33-41-51(39-31-25-19-15-11-7-3)49-59-53(57)43-35-29-37-45-55(47-48-56)46-38-30-36-44-54(58)60-50-52(40-32-26-20-16-12-8-4)42-34-28-24-22-18-14-10-6-2/h51-53,56-57H,5-50H2,1-4H3. The summed E-state index contributed by atoms with van der Waals surface area (Å²) in [7, 11) is 0. The summed E-state index contributed by atoms with van der Waals surface area (Å²) in [5.74, 6) is 1.07. The van der Waals surface area contributed by atoms with Gasteiger partial charge in [-0.1, -0.05) is 220 Å². The van der Waals surface area contributed by atoms with Crippen molar-refractivity contribution < 1.29 is 24.5 Å². The first-order valence-electron chi connectivity index (χ1n) is 27.3. The fourth-order valence-electron chi connectivity index (χ4n) is 8.89. The first kappa shape index (κ1) is 59.3. The Morgan fingerprint density at radius 3 is 1.15 bits per heavy atom. The van der Waals surface area contributed by atoms with E-state index >= 15 is 0 Å². The van der Waals surface area contributed by atoms with Crippen LogP contribution in [0.3, 0.4) is 0 Å². The molecule has 0 amide bonds. The van der Waals surface area contributed by atoms with E-state index in [9.17, 15) is 15.0 Å². The van der Waals surface area contributed by atoms with Crippen molar-refractivity contribution in [3.8, 4) is 0 Å². The summed E-state index contributed by atoms with van der Waals surface area (Å²) in [5, 5.41) is 20.4. The monoisotopic (exact) mass is 852 g/mol. The van der Waals surface area contributed by atoms with Crippen LogP contribution in [0.1, 0.15) is 285 Å². The Morgan fingerprint density at radius 2 is 0.750 bits per heavy atom. The third-order valence-electron chi connectivity index (χ3n) is 13.1. The highest BCUT2D eigenvalue weighted by molar-refractivity contribution is 5.69. The third kappa shape index (κ3) is 43.9. The maximum atomic E-state index is 12.7. The summed E-state index contributed by atoms with van der Waals surface area (Å²) in [6.07, 6.45) is 49.0. The highest BCUT2D eigenvalue weighted by Gasteiger charge is 2.15. The molecule has 0 aliphatic rings. The lowest BCUT2D eigenvalue weighted by Gasteiger charge is -2.22. The Bertz CT molecular complexity index is 826. The van der Waals surface area contributed by atoms with Gasteiger partial charge in [0.05, 0.1) is 19.8 Å². The maximum Gasteiger partial charge on any atom is 0.305 e. The van der Waals surface area contributed by atoms with Crippen molar-refractivity contribution in [3.05, 3.63) is 0 Å². The zero-order valence-electron chi connectivity index (χ0n) is 41.3. The van der Waals surface area contributed by atoms with Crippen LogP contribution in [0.5, 0.6) is 0 Å². The molecule has 3 atom stereocenters. The predicted molar refractivity (Wildman–Crippen MR) is 261 cm³/mol. The van der Waals surface area contributed by atoms with Gasteiger partial charge in [-0.3, -0.25) is 4.79 Å². The van der Waals surface area contributed by atoms with E-state index < -0.39 is 6.29 Å². The number of aliphatic hydroxyl groups is 2. The van der Waals surface area contributed by atoms with Gasteiger partial charge in [0, 0.05) is 13.0 Å². The van der Waals surface area contributed by atoms with Crippen LogP contribution >= 0.6 is 0 Å². The third-order valence-corrected chi connectivity index (χ3v) is 13.1. The van der Waals surface area contributed by atoms with E-state index in [4.69, 9.17) is 9.47 Å². The molecule has 0 heterocycles. The van der Waals surface area contributed by atoms with Gasteiger partial charge >= 0.3 is 5.97 Å². The molecular formula is C54H109NO5. The molecule has 0 fully saturated rings. The zero-order valence-corrected chi connectivity index (χ0v) is 41.3. The van der Waals surface area contributed by atoms with Gasteiger partial charge in [0.2, 0.25) is 0 Å². The summed E-state index contributed by atoms with van der Waals surface area (Å²) < 4.78 is 11.9. The largest absolute Gasteiger partial charge is 0.465 e. The van der Waals surface area contributed by atoms with E-state index in [1.54, 1.807) is 0 Å². The number of nitrogens with zero attached hydrogens (tertiary/aromatic N) is 1. The van der Waals surface area contributed by atoms with Gasteiger partial charge in [0.25, 0.3) is 0 Å². The minimum absolute atomic E-state index is 0.0194. The second-order valence-corrected chi connectivity index (χ2v) is 19.1. The number of hydrogen-bond donors (Lipinski definition) is 2. The molecule has 0 aromatic heterocycles. The van der Waals surface area contributed by atoms with E-state index in [2.05, 4.69) is 32.6 Å². The van der Waals surface area contributed by atoms with E-state index in [0.29, 0.717) is 44.4 Å². The summed E-state index contributed by atoms with van der Waals surface area (Å²) in [6, 6.07) is 0. The second-order valence-electron chi connectivity index (χ2n) is 19.1. The minimum atomic E-state index is -0.656. The molecule has 0 aliphatic carbocycles. The van der Waals surface area contributed by atoms with Crippen molar-refractivity contribution in [3.63, 3.8) is 0 Å². The lowest BCUT2D eigenvalue weighted by Crippen LogP contribution is -2.29. The molecule has 0 aliphatic heterocycles. The van der Waals surface area contributed by atoms with Gasteiger partial charge in [-0.25, -0.2) is 0 Å². The topological polar surface area (TPSA) is 79.2 Å². The molecule has 0 saturated carbocycles. The molecular weight excluding hydrogens is 743 g/mol. The number of esters is 1. The predicted octanol–water partition coefficient (Wildman–Crippen LogP) is 16.1. The van der Waals surface area contributed by atoms with E-state index in [1.807, 2.05) is 0 Å². The highest BCUT2D eigenvalue weighted by Crippen LogP contribution is 2.23. The molecule has 0 bridgehead atoms. The van der Waals surface area contributed by atoms with Crippen LogP contribution in [0.25, 0.3) is 0 Å². The minimum Gasteiger partial charge on any atom is -0.465 e. The van der Waals surface area contributed by atoms with Crippen molar-refractivity contribution in [1.29, 1.82) is 0 Å². The van der Waals surface area contributed by atoms with Gasteiger partial charge in [-0.2, -0.15) is 0 Å². The molecule has 2 N–H and O–H groups in total. The number of aliphatic hydroxyl groups excluding tert-OH is 2. The molecule has 3 unspecified atom stereocenters. The molecule has 0 radical (unpaired) electrons. The number of unbranched alkanes of at least 4 members (excludes halogenated alkanes) is 28. The lowest BCUT2D eigenvalue weighted by molar-refractivity contribution is -0.145. The SMILES string of the molecule is CCCCCCCCCCC(CCCCCCCC)COC(=O)CCCCCN(CCO)CCCCCC(O)OCC(CCCCCCCC)CCCCCCCCCC. The molecule has 6 heteroatoms. The Kier molecular flexibility index (Phi) is 48.8. The molecule has 6 nitrogen and oxygen atoms in total. The number of carbonyl (C=O) groups excluding carboxylic acids is 1. The molecule has 360 valence electrons. The summed E-state index contributed by atoms with van der Waals surface area (Å²) in [4.78, 5) is 15.1. The Balaban J connectivity index is 4.34. The average molecular weight is 852 g/mol. The van der Waals surface area contributed by atoms with Crippen LogP contribution in [0.4, 0.5) is 0 Å². The quantitative estimate of drug-likeness (QED) is 0.0361. The molecule has 0 aromatic rings. The van der Waals surface area contributed by atoms with Crippen molar-refractivity contribution in [2.45, 2.75) is 291 Å². The zero-order chi connectivity index (χ0) is 43.8. The van der Waals surface area contributed by atoms with E-state index in [1.165, 1.54) is 205 Å². The summed E-state index contributed by atoms with van der Waals surface area (Å²) >= 11 is 0. The number of ether oxygens (including phenoxy) is 2. The second kappa shape index (κ2) is 49.3. The lowest BCUT2D eigenvalue weighted by atomic mass is 9.94. The molecule has 0 aromatic carbocycles. The number of carbonyl (C=O) groups is 1. The van der Waals surface area contributed by atoms with Crippen molar-refractivity contribution in [1.82, 2.24) is 4.90 Å². The van der Waals surface area contributed by atoms with Gasteiger partial charge in [-0.05, 0) is 82.7 Å². The van der Waals surface area contributed by atoms with Crippen LogP contribution in [-0.2, 0) is 14.3 Å². The van der Waals surface area contributed by atoms with Gasteiger partial charge in [0.15, 0.2) is 6.29 Å². The molecule has 0 spiro atoms. The Labute approximate surface area is 376 Å². The van der Waals surface area contributed by atoms with Crippen LogP contribution in [-0.4, -0.2) is 66.8 Å². The van der Waals surface area contributed by atoms with Gasteiger partial charge in [0.1, 0.15) is 0 Å². The number of rotatable bonds is 51. The van der Waals surface area contributed by atoms with Crippen LogP contribution < -0.4 is 0 Å². The Hall–Kier alpha value is -0.690. The fraction of sp³-hybridized carbons (Fsp3) is 0.981. The summed E-state index contributed by atoms with van der Waals surface area (Å²) in [6.45, 7) is 13.2. The van der Waals surface area contributed by atoms with Gasteiger partial charge in [-0.15, -0.1) is 0 Å². The highest BCUT2D eigenvalue weighted by atomic mass is 16.6. The maximum absolute atomic E-state index is 12.7. The van der Waals surface area contributed by atoms with Crippen LogP contribution in [0.2, 0.25) is 0 Å². The van der Waals surface area contributed by atoms with Crippen molar-refractivity contribution >= 4 is 5.97 Å². The van der Waals surface area contributed by atoms with Crippen molar-refractivity contribution in [2.24, 2.45) is 11.8 Å². The molecule has 0 saturated heterocycles. The van der Waals surface area contributed by atoms with Gasteiger partial charge < -0.3 is 24.6 Å². The van der Waals surface area contributed by atoms with E-state index in [0.717, 1.165) is 51.6 Å². The van der Waals surface area contributed by atoms with Crippen LogP contribution in [0, 0.1) is 11.8 Å². The van der Waals surface area contributed by atoms with E-state index in [-0.39, 0.29) is 12.6 Å². The fourth-order valence-corrected chi connectivity index (χ4v) is 8.89.